The number of nitriles is 1. The summed E-state index contributed by atoms with van der Waals surface area (Å²) in [5.41, 5.74) is 1.82. The summed E-state index contributed by atoms with van der Waals surface area (Å²) in [6.45, 7) is 2.29. The van der Waals surface area contributed by atoms with E-state index in [1.54, 1.807) is 11.0 Å². The Morgan fingerprint density at radius 2 is 2.15 bits per heavy atom. The van der Waals surface area contributed by atoms with E-state index >= 15 is 0 Å². The van der Waals surface area contributed by atoms with Crippen LogP contribution >= 0.6 is 0 Å². The Bertz CT molecular complexity index is 954. The van der Waals surface area contributed by atoms with Gasteiger partial charge in [-0.3, -0.25) is 14.9 Å². The van der Waals surface area contributed by atoms with Crippen molar-refractivity contribution in [3.8, 4) is 6.07 Å². The summed E-state index contributed by atoms with van der Waals surface area (Å²) >= 11 is 0. The number of carbonyl (C=O) groups is 1. The molecule has 2 aromatic carbocycles. The third kappa shape index (κ3) is 3.87. The van der Waals surface area contributed by atoms with Gasteiger partial charge in [-0.1, -0.05) is 6.07 Å². The van der Waals surface area contributed by atoms with Crippen LogP contribution in [-0.2, 0) is 11.3 Å². The number of nitrogens with one attached hydrogen (secondary N) is 1. The summed E-state index contributed by atoms with van der Waals surface area (Å²) in [5, 5.41) is 23.4. The molecule has 2 aromatic rings. The molecule has 1 atom stereocenters. The van der Waals surface area contributed by atoms with Crippen molar-refractivity contribution < 1.29 is 14.1 Å². The number of fused-ring (bicyclic) bond motifs is 1. The highest BCUT2D eigenvalue weighted by Crippen LogP contribution is 2.32. The van der Waals surface area contributed by atoms with Crippen molar-refractivity contribution in [3.63, 3.8) is 0 Å². The van der Waals surface area contributed by atoms with E-state index in [0.29, 0.717) is 30.8 Å². The minimum absolute atomic E-state index is 0.0386. The van der Waals surface area contributed by atoms with Gasteiger partial charge in [0.05, 0.1) is 11.0 Å². The van der Waals surface area contributed by atoms with Crippen LogP contribution in [0.2, 0.25) is 0 Å². The van der Waals surface area contributed by atoms with E-state index in [1.165, 1.54) is 37.3 Å². The lowest BCUT2D eigenvalue weighted by Crippen LogP contribution is -2.28. The first kappa shape index (κ1) is 18.3. The molecular formula is C19H17FN4O3. The second-order valence-electron chi connectivity index (χ2n) is 6.37. The molecule has 8 heteroatoms. The van der Waals surface area contributed by atoms with Crippen LogP contribution in [0.25, 0.3) is 0 Å². The largest absolute Gasteiger partial charge is 0.378 e. The molecule has 0 spiro atoms. The van der Waals surface area contributed by atoms with Gasteiger partial charge in [-0.15, -0.1) is 0 Å². The maximum absolute atomic E-state index is 13.7. The van der Waals surface area contributed by atoms with Crippen molar-refractivity contribution in [3.05, 3.63) is 69.0 Å². The zero-order valence-electron chi connectivity index (χ0n) is 14.6. The average Bonchev–Trinajstić information content (AvgIpc) is 2.80. The molecule has 0 fully saturated rings. The van der Waals surface area contributed by atoms with Crippen LogP contribution in [-0.4, -0.2) is 22.3 Å². The number of amides is 1. The van der Waals surface area contributed by atoms with E-state index in [9.17, 15) is 19.3 Å². The number of anilines is 1. The van der Waals surface area contributed by atoms with Crippen LogP contribution in [0.15, 0.2) is 36.4 Å². The Kier molecular flexibility index (Phi) is 5.03. The zero-order chi connectivity index (χ0) is 19.6. The van der Waals surface area contributed by atoms with Gasteiger partial charge >= 0.3 is 0 Å². The number of nitro benzene ring substituents is 1. The summed E-state index contributed by atoms with van der Waals surface area (Å²) in [6, 6.07) is 10.3. The van der Waals surface area contributed by atoms with Gasteiger partial charge in [0.25, 0.3) is 5.69 Å². The zero-order valence-corrected chi connectivity index (χ0v) is 14.6. The number of hydrogen-bond donors (Lipinski definition) is 1. The lowest BCUT2D eigenvalue weighted by molar-refractivity contribution is -0.385. The van der Waals surface area contributed by atoms with Crippen molar-refractivity contribution in [2.75, 3.05) is 11.9 Å². The highest BCUT2D eigenvalue weighted by Gasteiger charge is 2.24. The maximum Gasteiger partial charge on any atom is 0.287 e. The smallest absolute Gasteiger partial charge is 0.287 e. The molecular weight excluding hydrogens is 351 g/mol. The summed E-state index contributed by atoms with van der Waals surface area (Å²) in [7, 11) is 0. The Hall–Kier alpha value is -3.47. The van der Waals surface area contributed by atoms with Gasteiger partial charge in [0.2, 0.25) is 5.91 Å². The SMILES string of the molecule is CC(=O)N1CCC(Nc2ccc([N+](=O)[O-])c(C#N)c2)c2ccc(F)cc2C1. The topological polar surface area (TPSA) is 99.3 Å². The molecule has 1 unspecified atom stereocenters. The molecule has 0 aromatic heterocycles. The van der Waals surface area contributed by atoms with Gasteiger partial charge in [0, 0.05) is 31.8 Å². The standard InChI is InChI=1S/C19H17FN4O3/c1-12(25)23-7-6-18(17-4-2-15(20)8-14(17)11-23)22-16-3-5-19(24(26)27)13(9-16)10-21/h2-5,8-9,18,22H,6-7,11H2,1H3. The fraction of sp³-hybridized carbons (Fsp3) is 0.263. The Balaban J connectivity index is 1.94. The second-order valence-corrected chi connectivity index (χ2v) is 6.37. The van der Waals surface area contributed by atoms with Crippen LogP contribution in [0.5, 0.6) is 0 Å². The quantitative estimate of drug-likeness (QED) is 0.660. The monoisotopic (exact) mass is 368 g/mol. The van der Waals surface area contributed by atoms with Crippen molar-refractivity contribution in [1.29, 1.82) is 5.26 Å². The third-order valence-corrected chi connectivity index (χ3v) is 4.63. The number of nitro groups is 1. The predicted octanol–water partition coefficient (Wildman–Crippen LogP) is 3.51. The Labute approximate surface area is 155 Å². The number of benzene rings is 2. The Morgan fingerprint density at radius 1 is 1.37 bits per heavy atom. The highest BCUT2D eigenvalue weighted by atomic mass is 19.1. The van der Waals surface area contributed by atoms with Crippen molar-refractivity contribution >= 4 is 17.3 Å². The minimum atomic E-state index is -0.600. The van der Waals surface area contributed by atoms with Gasteiger partial charge in [-0.2, -0.15) is 5.26 Å². The molecule has 27 heavy (non-hydrogen) atoms. The predicted molar refractivity (Wildman–Crippen MR) is 96.3 cm³/mol. The van der Waals surface area contributed by atoms with E-state index in [-0.39, 0.29) is 29.0 Å². The molecule has 3 rings (SSSR count). The van der Waals surface area contributed by atoms with Gasteiger partial charge in [0.1, 0.15) is 17.4 Å². The fourth-order valence-electron chi connectivity index (χ4n) is 3.27. The molecule has 7 nitrogen and oxygen atoms in total. The van der Waals surface area contributed by atoms with Crippen LogP contribution in [0, 0.1) is 27.3 Å². The van der Waals surface area contributed by atoms with Crippen molar-refractivity contribution in [2.24, 2.45) is 0 Å². The van der Waals surface area contributed by atoms with Gasteiger partial charge < -0.3 is 10.2 Å². The first-order valence-corrected chi connectivity index (χ1v) is 8.38. The van der Waals surface area contributed by atoms with E-state index in [1.807, 2.05) is 6.07 Å². The lowest BCUT2D eigenvalue weighted by Gasteiger charge is -2.20. The molecule has 1 aliphatic heterocycles. The van der Waals surface area contributed by atoms with Crippen molar-refractivity contribution in [1.82, 2.24) is 4.90 Å². The first-order valence-electron chi connectivity index (χ1n) is 8.38. The second kappa shape index (κ2) is 7.41. The molecule has 1 N–H and O–H groups in total. The third-order valence-electron chi connectivity index (χ3n) is 4.63. The van der Waals surface area contributed by atoms with Crippen LogP contribution in [0.1, 0.15) is 36.1 Å². The molecule has 0 radical (unpaired) electrons. The molecule has 0 aliphatic carbocycles. The summed E-state index contributed by atoms with van der Waals surface area (Å²) < 4.78 is 13.7. The van der Waals surface area contributed by atoms with E-state index in [2.05, 4.69) is 5.32 Å². The number of rotatable bonds is 3. The number of nitrogens with zero attached hydrogens (tertiary/aromatic N) is 3. The molecule has 138 valence electrons. The van der Waals surface area contributed by atoms with Gasteiger partial charge in [0.15, 0.2) is 0 Å². The van der Waals surface area contributed by atoms with Gasteiger partial charge in [-0.25, -0.2) is 4.39 Å². The number of hydrogen-bond acceptors (Lipinski definition) is 5. The highest BCUT2D eigenvalue weighted by molar-refractivity contribution is 5.73. The molecule has 0 saturated carbocycles. The van der Waals surface area contributed by atoms with Crippen molar-refractivity contribution in [2.45, 2.75) is 25.9 Å². The summed E-state index contributed by atoms with van der Waals surface area (Å²) in [5.74, 6) is -0.465. The average molecular weight is 368 g/mol. The number of carbonyl (C=O) groups excluding carboxylic acids is 1. The molecule has 0 saturated heterocycles. The van der Waals surface area contributed by atoms with E-state index in [4.69, 9.17) is 5.26 Å². The molecule has 1 heterocycles. The Morgan fingerprint density at radius 3 is 2.81 bits per heavy atom. The van der Waals surface area contributed by atoms with Crippen LogP contribution in [0.4, 0.5) is 15.8 Å². The van der Waals surface area contributed by atoms with E-state index < -0.39 is 4.92 Å². The van der Waals surface area contributed by atoms with Crippen LogP contribution < -0.4 is 5.32 Å². The fourth-order valence-corrected chi connectivity index (χ4v) is 3.27. The minimum Gasteiger partial charge on any atom is -0.378 e. The van der Waals surface area contributed by atoms with E-state index in [0.717, 1.165) is 5.56 Å². The lowest BCUT2D eigenvalue weighted by atomic mass is 9.98. The molecule has 0 bridgehead atoms. The first-order chi connectivity index (χ1) is 12.9. The van der Waals surface area contributed by atoms with Gasteiger partial charge in [-0.05, 0) is 41.8 Å². The maximum atomic E-state index is 13.7. The number of halogens is 1. The van der Waals surface area contributed by atoms with Crippen LogP contribution in [0.3, 0.4) is 0 Å². The summed E-state index contributed by atoms with van der Waals surface area (Å²) in [4.78, 5) is 23.8. The normalized spacial score (nSPS) is 16.0. The summed E-state index contributed by atoms with van der Waals surface area (Å²) in [6.07, 6.45) is 0.580. The molecule has 1 aliphatic rings. The molecule has 1 amide bonds.